The number of allylic oxidation sites excluding steroid dienone is 1. The van der Waals surface area contributed by atoms with E-state index in [9.17, 15) is 5.26 Å². The summed E-state index contributed by atoms with van der Waals surface area (Å²) in [7, 11) is 3.17. The Kier molecular flexibility index (Phi) is 7.09. The first-order chi connectivity index (χ1) is 18.7. The normalized spacial score (nSPS) is 14.5. The molecular formula is C30H26N4O4. The van der Waals surface area contributed by atoms with Crippen LogP contribution in [-0.4, -0.2) is 37.0 Å². The summed E-state index contributed by atoms with van der Waals surface area (Å²) in [5.41, 5.74) is 4.28. The van der Waals surface area contributed by atoms with Crippen molar-refractivity contribution in [2.24, 2.45) is 4.99 Å². The number of nitrogens with zero attached hydrogens (tertiary/aromatic N) is 4. The maximum Gasteiger partial charge on any atom is 0.238 e. The van der Waals surface area contributed by atoms with Gasteiger partial charge in [-0.25, -0.2) is 0 Å². The Bertz CT molecular complexity index is 1540. The summed E-state index contributed by atoms with van der Waals surface area (Å²) in [6, 6.07) is 27.5. The third-order valence-corrected chi connectivity index (χ3v) is 6.20. The van der Waals surface area contributed by atoms with Gasteiger partial charge in [-0.15, -0.1) is 0 Å². The molecule has 0 amide bonds. The van der Waals surface area contributed by atoms with Crippen LogP contribution in [0, 0.1) is 11.3 Å². The van der Waals surface area contributed by atoms with Crippen LogP contribution in [0.15, 0.2) is 95.3 Å². The molecule has 38 heavy (non-hydrogen) atoms. The number of hydrogen-bond donors (Lipinski definition) is 0. The molecule has 5 rings (SSSR count). The zero-order valence-electron chi connectivity index (χ0n) is 21.3. The van der Waals surface area contributed by atoms with Gasteiger partial charge in [0.05, 0.1) is 38.0 Å². The van der Waals surface area contributed by atoms with Gasteiger partial charge in [-0.1, -0.05) is 54.6 Å². The van der Waals surface area contributed by atoms with Crippen molar-refractivity contribution in [1.82, 2.24) is 9.78 Å². The van der Waals surface area contributed by atoms with Crippen molar-refractivity contribution in [2.45, 2.75) is 12.8 Å². The Morgan fingerprint density at radius 2 is 1.71 bits per heavy atom. The summed E-state index contributed by atoms with van der Waals surface area (Å²) in [4.78, 5) is 4.38. The largest absolute Gasteiger partial charge is 0.493 e. The molecule has 8 heteroatoms. The number of aromatic nitrogens is 2. The number of rotatable bonds is 8. The molecule has 0 saturated heterocycles. The van der Waals surface area contributed by atoms with Crippen LogP contribution in [0.25, 0.3) is 16.9 Å². The third-order valence-electron chi connectivity index (χ3n) is 6.20. The van der Waals surface area contributed by atoms with E-state index in [-0.39, 0.29) is 5.88 Å². The van der Waals surface area contributed by atoms with Crippen molar-refractivity contribution in [3.8, 4) is 40.4 Å². The molecule has 1 aliphatic rings. The van der Waals surface area contributed by atoms with Crippen LogP contribution in [0.4, 0.5) is 0 Å². The SMILES string of the molecule is CCOC=NC1=C(C#N)[C@@H](c2ccc(OC)c(OC)c2)c2c(-c3ccccc3)nn(-c3ccccc3)c2O1. The number of nitriles is 1. The smallest absolute Gasteiger partial charge is 0.238 e. The van der Waals surface area contributed by atoms with Gasteiger partial charge in [-0.05, 0) is 36.8 Å². The Hall–Kier alpha value is -5.03. The van der Waals surface area contributed by atoms with Crippen LogP contribution < -0.4 is 14.2 Å². The van der Waals surface area contributed by atoms with Gasteiger partial charge in [0.15, 0.2) is 17.9 Å². The van der Waals surface area contributed by atoms with Crippen molar-refractivity contribution in [1.29, 1.82) is 5.26 Å². The molecule has 0 bridgehead atoms. The van der Waals surface area contributed by atoms with Gasteiger partial charge in [0.2, 0.25) is 11.8 Å². The molecule has 8 nitrogen and oxygen atoms in total. The lowest BCUT2D eigenvalue weighted by molar-refractivity contribution is 0.331. The summed E-state index contributed by atoms with van der Waals surface area (Å²) in [6.07, 6.45) is 1.30. The molecule has 1 aromatic heterocycles. The van der Waals surface area contributed by atoms with Crippen molar-refractivity contribution in [3.05, 3.63) is 101 Å². The van der Waals surface area contributed by atoms with E-state index in [0.29, 0.717) is 35.3 Å². The summed E-state index contributed by atoms with van der Waals surface area (Å²) in [5.74, 6) is 1.20. The van der Waals surface area contributed by atoms with E-state index in [1.165, 1.54) is 6.40 Å². The Morgan fingerprint density at radius 1 is 1.00 bits per heavy atom. The minimum absolute atomic E-state index is 0.143. The van der Waals surface area contributed by atoms with Gasteiger partial charge >= 0.3 is 0 Å². The Morgan fingerprint density at radius 3 is 2.37 bits per heavy atom. The summed E-state index contributed by atoms with van der Waals surface area (Å²) < 4.78 is 24.5. The van der Waals surface area contributed by atoms with E-state index >= 15 is 0 Å². The van der Waals surface area contributed by atoms with E-state index in [1.807, 2.05) is 85.8 Å². The standard InChI is InChI=1S/C30H26N4O4/c1-4-37-19-32-29-23(18-31)26(21-15-16-24(35-2)25(17-21)36-3)27-28(20-11-7-5-8-12-20)33-34(30(27)38-29)22-13-9-6-10-14-22/h5-17,19,26H,4H2,1-3H3/t26-/m1/s1. The molecule has 0 N–H and O–H groups in total. The minimum atomic E-state index is -0.551. The lowest BCUT2D eigenvalue weighted by Gasteiger charge is -2.25. The first-order valence-corrected chi connectivity index (χ1v) is 12.1. The number of para-hydroxylation sites is 1. The number of fused-ring (bicyclic) bond motifs is 1. The average Bonchev–Trinajstić information content (AvgIpc) is 3.36. The second-order valence-corrected chi connectivity index (χ2v) is 8.35. The maximum atomic E-state index is 10.4. The molecule has 0 radical (unpaired) electrons. The highest BCUT2D eigenvalue weighted by Crippen LogP contribution is 2.49. The van der Waals surface area contributed by atoms with Crippen molar-refractivity contribution in [3.63, 3.8) is 0 Å². The monoisotopic (exact) mass is 506 g/mol. The quantitative estimate of drug-likeness (QED) is 0.219. The highest BCUT2D eigenvalue weighted by atomic mass is 16.5. The van der Waals surface area contributed by atoms with Crippen molar-refractivity contribution in [2.75, 3.05) is 20.8 Å². The lowest BCUT2D eigenvalue weighted by Crippen LogP contribution is -2.17. The van der Waals surface area contributed by atoms with Gasteiger partial charge in [0, 0.05) is 5.56 Å². The number of ether oxygens (including phenoxy) is 4. The summed E-state index contributed by atoms with van der Waals surface area (Å²) >= 11 is 0. The van der Waals surface area contributed by atoms with E-state index in [2.05, 4.69) is 11.1 Å². The number of methoxy groups -OCH3 is 2. The fourth-order valence-electron chi connectivity index (χ4n) is 4.47. The highest BCUT2D eigenvalue weighted by Gasteiger charge is 2.38. The molecule has 0 aliphatic carbocycles. The summed E-state index contributed by atoms with van der Waals surface area (Å²) in [5, 5.41) is 15.4. The molecular weight excluding hydrogens is 480 g/mol. The fourth-order valence-corrected chi connectivity index (χ4v) is 4.47. The van der Waals surface area contributed by atoms with Crippen LogP contribution in [0.2, 0.25) is 0 Å². The van der Waals surface area contributed by atoms with E-state index in [0.717, 1.165) is 22.4 Å². The van der Waals surface area contributed by atoms with Crippen LogP contribution >= 0.6 is 0 Å². The molecule has 0 unspecified atom stereocenters. The van der Waals surface area contributed by atoms with Gasteiger partial charge in [0.25, 0.3) is 0 Å². The van der Waals surface area contributed by atoms with Gasteiger partial charge < -0.3 is 18.9 Å². The zero-order valence-corrected chi connectivity index (χ0v) is 21.3. The lowest BCUT2D eigenvalue weighted by atomic mass is 9.83. The first-order valence-electron chi connectivity index (χ1n) is 12.1. The molecule has 0 saturated carbocycles. The third kappa shape index (κ3) is 4.46. The Labute approximate surface area is 221 Å². The highest BCUT2D eigenvalue weighted by molar-refractivity contribution is 5.72. The Balaban J connectivity index is 1.83. The van der Waals surface area contributed by atoms with Crippen LogP contribution in [0.3, 0.4) is 0 Å². The number of benzene rings is 3. The molecule has 1 aliphatic heterocycles. The van der Waals surface area contributed by atoms with Gasteiger partial charge in [-0.3, -0.25) is 0 Å². The van der Waals surface area contributed by atoms with Crippen molar-refractivity contribution < 1.29 is 18.9 Å². The predicted molar refractivity (Wildman–Crippen MR) is 144 cm³/mol. The van der Waals surface area contributed by atoms with Gasteiger partial charge in [0.1, 0.15) is 17.3 Å². The molecule has 0 spiro atoms. The van der Waals surface area contributed by atoms with E-state index in [4.69, 9.17) is 24.0 Å². The molecule has 0 fully saturated rings. The van der Waals surface area contributed by atoms with Crippen LogP contribution in [0.5, 0.6) is 17.4 Å². The van der Waals surface area contributed by atoms with Crippen LogP contribution in [-0.2, 0) is 4.74 Å². The molecule has 190 valence electrons. The summed E-state index contributed by atoms with van der Waals surface area (Å²) in [6.45, 7) is 2.29. The first kappa shape index (κ1) is 24.7. The number of aliphatic imine (C=N–C) groups is 1. The maximum absolute atomic E-state index is 10.4. The number of hydrogen-bond acceptors (Lipinski definition) is 7. The second-order valence-electron chi connectivity index (χ2n) is 8.35. The average molecular weight is 507 g/mol. The zero-order chi connectivity index (χ0) is 26.5. The van der Waals surface area contributed by atoms with Gasteiger partial charge in [-0.2, -0.15) is 20.0 Å². The predicted octanol–water partition coefficient (Wildman–Crippen LogP) is 5.88. The molecule has 4 aromatic rings. The van der Waals surface area contributed by atoms with E-state index in [1.54, 1.807) is 18.9 Å². The molecule has 3 aromatic carbocycles. The minimum Gasteiger partial charge on any atom is -0.493 e. The van der Waals surface area contributed by atoms with Crippen molar-refractivity contribution >= 4 is 6.40 Å². The topological polar surface area (TPSA) is 90.9 Å². The molecule has 1 atom stereocenters. The van der Waals surface area contributed by atoms with E-state index < -0.39 is 5.92 Å². The second kappa shape index (κ2) is 10.9. The molecule has 2 heterocycles. The fraction of sp³-hybridized carbons (Fsp3) is 0.167. The van der Waals surface area contributed by atoms with Crippen LogP contribution in [0.1, 0.15) is 24.0 Å².